The van der Waals surface area contributed by atoms with E-state index in [-0.39, 0.29) is 5.69 Å². The summed E-state index contributed by atoms with van der Waals surface area (Å²) in [6.07, 6.45) is 0. The second-order valence-corrected chi connectivity index (χ2v) is 4.75. The van der Waals surface area contributed by atoms with Crippen molar-refractivity contribution in [2.45, 2.75) is 13.5 Å². The molecule has 100 valence electrons. The second-order valence-electron chi connectivity index (χ2n) is 4.75. The van der Waals surface area contributed by atoms with Crippen LogP contribution in [0, 0.1) is 6.92 Å². The van der Waals surface area contributed by atoms with Crippen LogP contribution in [0.2, 0.25) is 0 Å². The van der Waals surface area contributed by atoms with Gasteiger partial charge < -0.3 is 9.67 Å². The minimum atomic E-state index is -0.922. The van der Waals surface area contributed by atoms with E-state index in [4.69, 9.17) is 0 Å². The van der Waals surface area contributed by atoms with Crippen LogP contribution < -0.4 is 0 Å². The van der Waals surface area contributed by atoms with E-state index < -0.39 is 5.97 Å². The zero-order valence-corrected chi connectivity index (χ0v) is 11.1. The Bertz CT molecular complexity index is 790. The molecule has 1 N–H and O–H groups in total. The summed E-state index contributed by atoms with van der Waals surface area (Å²) in [5, 5.41) is 10.3. The first kappa shape index (κ1) is 12.4. The molecule has 2 aromatic heterocycles. The molecular formula is C16H14N2O2. The minimum Gasteiger partial charge on any atom is -0.477 e. The van der Waals surface area contributed by atoms with E-state index in [0.717, 1.165) is 22.3 Å². The van der Waals surface area contributed by atoms with Gasteiger partial charge in [-0.2, -0.15) is 0 Å². The number of carbonyl (C=O) groups is 1. The fourth-order valence-corrected chi connectivity index (χ4v) is 2.41. The minimum absolute atomic E-state index is 0.287. The normalized spacial score (nSPS) is 10.8. The molecule has 4 heteroatoms. The molecular weight excluding hydrogens is 252 g/mol. The number of aromatic nitrogens is 2. The van der Waals surface area contributed by atoms with Crippen LogP contribution in [0.5, 0.6) is 0 Å². The molecule has 0 aliphatic carbocycles. The maximum atomic E-state index is 11.4. The third-order valence-corrected chi connectivity index (χ3v) is 3.30. The Hall–Kier alpha value is -2.62. The van der Waals surface area contributed by atoms with Crippen molar-refractivity contribution in [1.29, 1.82) is 0 Å². The van der Waals surface area contributed by atoms with Crippen molar-refractivity contribution in [3.8, 4) is 0 Å². The summed E-state index contributed by atoms with van der Waals surface area (Å²) in [6.45, 7) is 2.38. The lowest BCUT2D eigenvalue weighted by Gasteiger charge is -2.08. The topological polar surface area (TPSA) is 55.1 Å². The molecule has 0 fully saturated rings. The zero-order valence-electron chi connectivity index (χ0n) is 11.1. The van der Waals surface area contributed by atoms with Gasteiger partial charge in [-0.05, 0) is 31.2 Å². The van der Waals surface area contributed by atoms with Gasteiger partial charge in [0.1, 0.15) is 5.69 Å². The Kier molecular flexibility index (Phi) is 2.99. The average Bonchev–Trinajstić information content (AvgIpc) is 2.78. The van der Waals surface area contributed by atoms with E-state index in [2.05, 4.69) is 4.98 Å². The number of fused-ring (bicyclic) bond motifs is 1. The summed E-state index contributed by atoms with van der Waals surface area (Å²) in [5.41, 5.74) is 2.98. The van der Waals surface area contributed by atoms with E-state index in [1.54, 1.807) is 10.6 Å². The van der Waals surface area contributed by atoms with Gasteiger partial charge in [-0.3, -0.25) is 4.98 Å². The van der Waals surface area contributed by atoms with Crippen LogP contribution in [0.3, 0.4) is 0 Å². The first-order chi connectivity index (χ1) is 9.65. The van der Waals surface area contributed by atoms with Crippen molar-refractivity contribution < 1.29 is 9.90 Å². The molecule has 0 saturated carbocycles. The second kappa shape index (κ2) is 4.81. The van der Waals surface area contributed by atoms with Gasteiger partial charge in [-0.1, -0.05) is 24.3 Å². The molecule has 0 radical (unpaired) electrons. The molecule has 0 aliphatic rings. The van der Waals surface area contributed by atoms with Gasteiger partial charge in [0.25, 0.3) is 0 Å². The van der Waals surface area contributed by atoms with Crippen molar-refractivity contribution in [2.75, 3.05) is 0 Å². The smallest absolute Gasteiger partial charge is 0.352 e. The fourth-order valence-electron chi connectivity index (χ4n) is 2.41. The maximum absolute atomic E-state index is 11.4. The summed E-state index contributed by atoms with van der Waals surface area (Å²) < 4.78 is 1.79. The van der Waals surface area contributed by atoms with E-state index in [1.165, 1.54) is 0 Å². The number of carboxylic acids is 1. The van der Waals surface area contributed by atoms with Crippen molar-refractivity contribution in [3.63, 3.8) is 0 Å². The number of rotatable bonds is 3. The Labute approximate surface area is 116 Å². The Balaban J connectivity index is 2.14. The summed E-state index contributed by atoms with van der Waals surface area (Å²) in [7, 11) is 0. The largest absolute Gasteiger partial charge is 0.477 e. The molecule has 0 bridgehead atoms. The van der Waals surface area contributed by atoms with Gasteiger partial charge in [0.05, 0.1) is 12.2 Å². The third-order valence-electron chi connectivity index (χ3n) is 3.30. The van der Waals surface area contributed by atoms with Crippen LogP contribution in [0.1, 0.15) is 21.9 Å². The molecule has 20 heavy (non-hydrogen) atoms. The lowest BCUT2D eigenvalue weighted by Crippen LogP contribution is -2.10. The van der Waals surface area contributed by atoms with Gasteiger partial charge >= 0.3 is 5.97 Å². The molecule has 0 amide bonds. The van der Waals surface area contributed by atoms with Gasteiger partial charge in [0, 0.05) is 16.6 Å². The van der Waals surface area contributed by atoms with E-state index in [9.17, 15) is 9.90 Å². The maximum Gasteiger partial charge on any atom is 0.352 e. The van der Waals surface area contributed by atoms with Crippen molar-refractivity contribution in [1.82, 2.24) is 9.55 Å². The molecule has 3 rings (SSSR count). The van der Waals surface area contributed by atoms with Crippen molar-refractivity contribution >= 4 is 16.9 Å². The van der Waals surface area contributed by atoms with Gasteiger partial charge in [0.15, 0.2) is 0 Å². The number of aromatic carboxylic acids is 1. The molecule has 0 spiro atoms. The highest BCUT2D eigenvalue weighted by Gasteiger charge is 2.14. The molecule has 1 aromatic carbocycles. The van der Waals surface area contributed by atoms with Crippen LogP contribution in [-0.2, 0) is 6.54 Å². The lowest BCUT2D eigenvalue weighted by atomic mass is 10.2. The van der Waals surface area contributed by atoms with E-state index in [0.29, 0.717) is 6.54 Å². The molecule has 3 aromatic rings. The summed E-state index contributed by atoms with van der Waals surface area (Å²) in [6, 6.07) is 15.1. The van der Waals surface area contributed by atoms with Crippen LogP contribution in [0.25, 0.3) is 10.9 Å². The van der Waals surface area contributed by atoms with Crippen molar-refractivity contribution in [3.05, 3.63) is 65.6 Å². The van der Waals surface area contributed by atoms with E-state index in [1.807, 2.05) is 49.4 Å². The summed E-state index contributed by atoms with van der Waals surface area (Å²) >= 11 is 0. The first-order valence-electron chi connectivity index (χ1n) is 6.39. The monoisotopic (exact) mass is 266 g/mol. The Morgan fingerprint density at radius 3 is 2.75 bits per heavy atom. The number of nitrogens with zero attached hydrogens (tertiary/aromatic N) is 2. The van der Waals surface area contributed by atoms with Crippen LogP contribution in [0.4, 0.5) is 0 Å². The summed E-state index contributed by atoms with van der Waals surface area (Å²) in [4.78, 5) is 15.8. The number of hydrogen-bond acceptors (Lipinski definition) is 2. The Morgan fingerprint density at radius 1 is 1.20 bits per heavy atom. The quantitative estimate of drug-likeness (QED) is 0.792. The van der Waals surface area contributed by atoms with Crippen LogP contribution in [0.15, 0.2) is 48.5 Å². The number of aryl methyl sites for hydroxylation is 1. The number of para-hydroxylation sites is 1. The zero-order chi connectivity index (χ0) is 14.1. The van der Waals surface area contributed by atoms with Crippen LogP contribution in [-0.4, -0.2) is 20.6 Å². The first-order valence-corrected chi connectivity index (χ1v) is 6.39. The van der Waals surface area contributed by atoms with Gasteiger partial charge in [0.2, 0.25) is 0 Å². The molecule has 0 saturated heterocycles. The number of carboxylic acid groups (broad SMARTS) is 1. The number of benzene rings is 1. The number of hydrogen-bond donors (Lipinski definition) is 1. The lowest BCUT2D eigenvalue weighted by molar-refractivity contribution is 0.0686. The highest BCUT2D eigenvalue weighted by Crippen LogP contribution is 2.21. The molecule has 4 nitrogen and oxygen atoms in total. The van der Waals surface area contributed by atoms with Crippen LogP contribution >= 0.6 is 0 Å². The van der Waals surface area contributed by atoms with Gasteiger partial charge in [-0.15, -0.1) is 0 Å². The predicted octanol–water partition coefficient (Wildman–Crippen LogP) is 3.09. The SMILES string of the molecule is Cc1cccc(Cn2c(C(=O)O)cc3ccccc32)n1. The highest BCUT2D eigenvalue weighted by atomic mass is 16.4. The Morgan fingerprint density at radius 2 is 2.00 bits per heavy atom. The van der Waals surface area contributed by atoms with Gasteiger partial charge in [-0.25, -0.2) is 4.79 Å². The molecule has 0 aliphatic heterocycles. The standard InChI is InChI=1S/C16H14N2O2/c1-11-5-4-7-13(17-11)10-18-14-8-3-2-6-12(14)9-15(18)16(19)20/h2-9H,10H2,1H3,(H,19,20). The van der Waals surface area contributed by atoms with Crippen molar-refractivity contribution in [2.24, 2.45) is 0 Å². The summed E-state index contributed by atoms with van der Waals surface area (Å²) in [5.74, 6) is -0.922. The average molecular weight is 266 g/mol. The third kappa shape index (κ3) is 2.16. The molecule has 0 unspecified atom stereocenters. The van der Waals surface area contributed by atoms with E-state index >= 15 is 0 Å². The fraction of sp³-hybridized carbons (Fsp3) is 0.125. The molecule has 0 atom stereocenters. The number of pyridine rings is 1. The highest BCUT2D eigenvalue weighted by molar-refractivity contribution is 5.94. The molecule has 2 heterocycles. The predicted molar refractivity (Wildman–Crippen MR) is 77.0 cm³/mol.